The van der Waals surface area contributed by atoms with Crippen LogP contribution in [0.15, 0.2) is 103 Å². The molecule has 4 aromatic carbocycles. The van der Waals surface area contributed by atoms with Crippen LogP contribution in [0.5, 0.6) is 0 Å². The van der Waals surface area contributed by atoms with Gasteiger partial charge < -0.3 is 0 Å². The molecule has 0 spiro atoms. The van der Waals surface area contributed by atoms with Crippen molar-refractivity contribution < 1.29 is 24.2 Å². The Morgan fingerprint density at radius 3 is 1.72 bits per heavy atom. The second kappa shape index (κ2) is 20.9. The van der Waals surface area contributed by atoms with Crippen LogP contribution in [0, 0.1) is 24.3 Å². The predicted molar refractivity (Wildman–Crippen MR) is 190 cm³/mol. The van der Waals surface area contributed by atoms with E-state index in [1.165, 1.54) is 57.6 Å². The van der Waals surface area contributed by atoms with E-state index in [1.807, 2.05) is 42.5 Å². The third-order valence-corrected chi connectivity index (χ3v) is 6.65. The topological polar surface area (TPSA) is 0 Å². The maximum absolute atomic E-state index is 5.52. The number of halogens is 3. The number of rotatable bonds is 0. The maximum Gasteiger partial charge on any atom is -0.171 e. The molecule has 2 aliphatic carbocycles. The summed E-state index contributed by atoms with van der Waals surface area (Å²) in [6.45, 7) is 13.6. The third kappa shape index (κ3) is 14.5. The summed E-state index contributed by atoms with van der Waals surface area (Å²) in [5.41, 5.74) is 8.76. The van der Waals surface area contributed by atoms with E-state index >= 15 is 0 Å². The zero-order valence-electron chi connectivity index (χ0n) is 26.1. The average molecular weight is 709 g/mol. The molecule has 0 heterocycles. The number of hydrogen-bond donors (Lipinski definition) is 0. The molecule has 6 rings (SSSR count). The minimum atomic E-state index is 0. The van der Waals surface area contributed by atoms with E-state index in [-0.39, 0.29) is 35.6 Å². The summed E-state index contributed by atoms with van der Waals surface area (Å²) in [5.74, 6) is 0. The molecule has 0 fully saturated rings. The molecule has 0 unspecified atom stereocenters. The minimum absolute atomic E-state index is 0. The Kier molecular flexibility index (Phi) is 19.9. The first kappa shape index (κ1) is 41.0. The Hall–Kier alpha value is -2.02. The van der Waals surface area contributed by atoms with E-state index in [9.17, 15) is 0 Å². The van der Waals surface area contributed by atoms with Gasteiger partial charge in [0.15, 0.2) is 0 Å². The van der Waals surface area contributed by atoms with Crippen LogP contribution in [0.25, 0.3) is 11.1 Å². The van der Waals surface area contributed by atoms with Crippen LogP contribution >= 0.6 is 36.4 Å². The minimum Gasteiger partial charge on any atom is -0.184 e. The second-order valence-corrected chi connectivity index (χ2v) is 12.1. The molecule has 0 atom stereocenters. The van der Waals surface area contributed by atoms with Crippen molar-refractivity contribution in [1.29, 1.82) is 0 Å². The molecular formula is C39H43Cl3Zr-4. The molecule has 0 saturated heterocycles. The zero-order chi connectivity index (χ0) is 30.3. The van der Waals surface area contributed by atoms with Crippen LogP contribution in [0.4, 0.5) is 0 Å². The molecule has 0 nitrogen and oxygen atoms in total. The first-order valence-electron chi connectivity index (χ1n) is 13.8. The van der Waals surface area contributed by atoms with E-state index in [0.717, 1.165) is 17.9 Å². The molecule has 0 amide bonds. The van der Waals surface area contributed by atoms with Crippen LogP contribution in [0.1, 0.15) is 70.2 Å². The molecule has 0 saturated carbocycles. The van der Waals surface area contributed by atoms with Crippen LogP contribution in [0.2, 0.25) is 5.02 Å². The number of benzene rings is 4. The predicted octanol–water partition coefficient (Wildman–Crippen LogP) is 11.4. The summed E-state index contributed by atoms with van der Waals surface area (Å²) < 4.78 is 3.34. The first-order valence-corrected chi connectivity index (χ1v) is 16.0. The van der Waals surface area contributed by atoms with Crippen molar-refractivity contribution >= 4 is 40.6 Å². The molecule has 0 N–H and O–H groups in total. The monoisotopic (exact) mass is 706 g/mol. The Morgan fingerprint density at radius 1 is 0.744 bits per heavy atom. The van der Waals surface area contributed by atoms with E-state index in [0.29, 0.717) is 0 Å². The van der Waals surface area contributed by atoms with Crippen molar-refractivity contribution in [2.75, 3.05) is 0 Å². The van der Waals surface area contributed by atoms with Gasteiger partial charge >= 0.3 is 28.4 Å². The van der Waals surface area contributed by atoms with Gasteiger partial charge in [-0.2, -0.15) is 102 Å². The third-order valence-electron chi connectivity index (χ3n) is 6.40. The van der Waals surface area contributed by atoms with Gasteiger partial charge in [0, 0.05) is 0 Å². The fourth-order valence-electron chi connectivity index (χ4n) is 4.03. The molecule has 0 radical (unpaired) electrons. The fourth-order valence-corrected chi connectivity index (χ4v) is 4.16. The van der Waals surface area contributed by atoms with Crippen LogP contribution in [0.3, 0.4) is 0 Å². The van der Waals surface area contributed by atoms with Gasteiger partial charge in [-0.15, -0.1) is 48.4 Å². The van der Waals surface area contributed by atoms with Gasteiger partial charge in [0.05, 0.1) is 0 Å². The summed E-state index contributed by atoms with van der Waals surface area (Å²) in [6.07, 6.45) is 11.0. The van der Waals surface area contributed by atoms with Crippen molar-refractivity contribution in [1.82, 2.24) is 0 Å². The van der Waals surface area contributed by atoms with Crippen LogP contribution < -0.4 is 0 Å². The standard InChI is InChI=1S/C21H25.C6H4Cl.C6H5.C5H5.CH2.2ClH.Zr/c1-20(2,3)16-9-7-14-11-15-8-10-17(21(4,5)6)13-19(15)18(14)12-16;7-6-4-2-1-3-5-6;1-2-4-6-5-3-1;1-2-4-5-3-1;;;;/h7,9-10,12-13H,11H2,1-6H3;2-5H;1-5H;1-3H,4H2;1H2;2*1H;/q4*-1;;;;. The summed E-state index contributed by atoms with van der Waals surface area (Å²) in [7, 11) is 0. The Morgan fingerprint density at radius 2 is 1.33 bits per heavy atom. The smallest absolute Gasteiger partial charge is 0.171 e. The van der Waals surface area contributed by atoms with Gasteiger partial charge in [0.1, 0.15) is 0 Å². The second-order valence-electron chi connectivity index (χ2n) is 11.6. The van der Waals surface area contributed by atoms with Crippen molar-refractivity contribution in [2.45, 2.75) is 65.2 Å². The van der Waals surface area contributed by atoms with Crippen molar-refractivity contribution in [2.24, 2.45) is 0 Å². The van der Waals surface area contributed by atoms with Gasteiger partial charge in [-0.3, -0.25) is 6.08 Å². The van der Waals surface area contributed by atoms with Gasteiger partial charge in [-0.1, -0.05) is 81.3 Å². The van der Waals surface area contributed by atoms with Gasteiger partial charge in [-0.25, -0.2) is 12.2 Å². The number of hydrogen-bond acceptors (Lipinski definition) is 0. The quantitative estimate of drug-likeness (QED) is 0.141. The summed E-state index contributed by atoms with van der Waals surface area (Å²) in [6, 6.07) is 37.6. The van der Waals surface area contributed by atoms with Gasteiger partial charge in [-0.05, 0) is 17.4 Å². The molecule has 2 aliphatic rings. The van der Waals surface area contributed by atoms with E-state index in [2.05, 4.69) is 106 Å². The Bertz CT molecular complexity index is 1280. The molecule has 0 bridgehead atoms. The van der Waals surface area contributed by atoms with Gasteiger partial charge in [0.25, 0.3) is 0 Å². The molecule has 0 aromatic heterocycles. The average Bonchev–Trinajstić information content (AvgIpc) is 3.67. The summed E-state index contributed by atoms with van der Waals surface area (Å²) in [5, 5.41) is 0.763. The molecular weight excluding hydrogens is 666 g/mol. The Labute approximate surface area is 293 Å². The first-order chi connectivity index (χ1) is 19.6. The fraction of sp³-hybridized carbons (Fsp3) is 0.256. The van der Waals surface area contributed by atoms with Crippen molar-refractivity contribution in [3.8, 4) is 11.1 Å². The molecule has 43 heavy (non-hydrogen) atoms. The van der Waals surface area contributed by atoms with Crippen molar-refractivity contribution in [3.63, 3.8) is 0 Å². The van der Waals surface area contributed by atoms with Crippen LogP contribution in [-0.4, -0.2) is 4.21 Å². The zero-order valence-corrected chi connectivity index (χ0v) is 31.0. The summed E-state index contributed by atoms with van der Waals surface area (Å²) in [4.78, 5) is 0. The molecule has 228 valence electrons. The summed E-state index contributed by atoms with van der Waals surface area (Å²) >= 11 is 6.82. The molecule has 4 heteroatoms. The van der Waals surface area contributed by atoms with Crippen molar-refractivity contribution in [3.05, 3.63) is 155 Å². The van der Waals surface area contributed by atoms with E-state index in [4.69, 9.17) is 11.6 Å². The van der Waals surface area contributed by atoms with Crippen LogP contribution in [-0.2, 0) is 41.5 Å². The maximum atomic E-state index is 5.52. The number of fused-ring (bicyclic) bond motifs is 3. The largest absolute Gasteiger partial charge is 0.184 e. The van der Waals surface area contributed by atoms with Gasteiger partial charge in [0.2, 0.25) is 0 Å². The van der Waals surface area contributed by atoms with E-state index < -0.39 is 0 Å². The number of allylic oxidation sites excluding steroid dienone is 4. The van der Waals surface area contributed by atoms with E-state index in [1.54, 1.807) is 24.3 Å². The SMILES string of the molecule is CC(C)(C)c1c[c-]c2c(c1)-c1cc(C(C)(C)C)ccc1C2.Cl.Cl.Clc1cc[c-]cc1.[C-]1=CC=CC1.[CH2]=[Zr].[c-]1ccccc1. The Balaban J connectivity index is 0.000000654. The normalized spacial score (nSPS) is 11.5. The molecule has 0 aliphatic heterocycles. The molecule has 4 aromatic rings.